The fourth-order valence-corrected chi connectivity index (χ4v) is 1.66. The van der Waals surface area contributed by atoms with Crippen LogP contribution >= 0.6 is 0 Å². The van der Waals surface area contributed by atoms with E-state index in [1.54, 1.807) is 0 Å². The molecular formula is C15H17NO2. The molecule has 0 amide bonds. The highest BCUT2D eigenvalue weighted by Crippen LogP contribution is 2.24. The molecule has 18 heavy (non-hydrogen) atoms. The molecule has 2 rings (SSSR count). The molecule has 3 nitrogen and oxygen atoms in total. The van der Waals surface area contributed by atoms with Crippen LogP contribution in [0.25, 0.3) is 0 Å². The number of hydrogen-bond acceptors (Lipinski definition) is 3. The minimum absolute atomic E-state index is 0.0754. The normalized spacial score (nSPS) is 12.2. The first-order valence-corrected chi connectivity index (χ1v) is 5.90. The van der Waals surface area contributed by atoms with Crippen LogP contribution in [0.15, 0.2) is 48.5 Å². The second-order valence-electron chi connectivity index (χ2n) is 4.28. The number of aryl methyl sites for hydroxylation is 1. The Morgan fingerprint density at radius 3 is 2.50 bits per heavy atom. The van der Waals surface area contributed by atoms with Gasteiger partial charge in [-0.3, -0.25) is 0 Å². The molecule has 2 aromatic carbocycles. The molecular weight excluding hydrogens is 226 g/mol. The first-order valence-electron chi connectivity index (χ1n) is 5.90. The van der Waals surface area contributed by atoms with Gasteiger partial charge in [-0.1, -0.05) is 29.8 Å². The molecule has 3 N–H and O–H groups in total. The number of rotatable bonds is 4. The average molecular weight is 243 g/mol. The molecule has 0 aliphatic heterocycles. The van der Waals surface area contributed by atoms with E-state index < -0.39 is 0 Å². The molecule has 3 heteroatoms. The van der Waals surface area contributed by atoms with Crippen molar-refractivity contribution in [3.05, 3.63) is 59.7 Å². The third-order valence-electron chi connectivity index (χ3n) is 2.74. The van der Waals surface area contributed by atoms with Crippen LogP contribution in [0.1, 0.15) is 17.2 Å². The summed E-state index contributed by atoms with van der Waals surface area (Å²) in [5.74, 6) is 1.51. The SMILES string of the molecule is Cc1ccc(Oc2cccc([C@H](N)CO)c2)cc1. The highest BCUT2D eigenvalue weighted by Gasteiger charge is 2.05. The van der Waals surface area contributed by atoms with Crippen LogP contribution in [-0.4, -0.2) is 11.7 Å². The summed E-state index contributed by atoms with van der Waals surface area (Å²) >= 11 is 0. The summed E-state index contributed by atoms with van der Waals surface area (Å²) in [4.78, 5) is 0. The lowest BCUT2D eigenvalue weighted by molar-refractivity contribution is 0.268. The summed E-state index contributed by atoms with van der Waals surface area (Å²) in [5, 5.41) is 9.03. The Balaban J connectivity index is 2.16. The Kier molecular flexibility index (Phi) is 3.97. The lowest BCUT2D eigenvalue weighted by Crippen LogP contribution is -2.14. The van der Waals surface area contributed by atoms with Crippen molar-refractivity contribution in [3.8, 4) is 11.5 Å². The van der Waals surface area contributed by atoms with Gasteiger partial charge in [0, 0.05) is 0 Å². The summed E-state index contributed by atoms with van der Waals surface area (Å²) in [6.07, 6.45) is 0. The predicted molar refractivity (Wildman–Crippen MR) is 71.7 cm³/mol. The number of hydrogen-bond donors (Lipinski definition) is 2. The fraction of sp³-hybridized carbons (Fsp3) is 0.200. The summed E-state index contributed by atoms with van der Waals surface area (Å²) in [7, 11) is 0. The molecule has 0 heterocycles. The van der Waals surface area contributed by atoms with Crippen molar-refractivity contribution in [2.45, 2.75) is 13.0 Å². The van der Waals surface area contributed by atoms with Gasteiger partial charge in [-0.25, -0.2) is 0 Å². The molecule has 0 fully saturated rings. The maximum absolute atomic E-state index is 9.03. The minimum Gasteiger partial charge on any atom is -0.457 e. The number of aliphatic hydroxyl groups excluding tert-OH is 1. The molecule has 0 aliphatic carbocycles. The molecule has 0 saturated carbocycles. The van der Waals surface area contributed by atoms with Crippen LogP contribution in [0.4, 0.5) is 0 Å². The maximum atomic E-state index is 9.03. The summed E-state index contributed by atoms with van der Waals surface area (Å²) in [6, 6.07) is 14.9. The first kappa shape index (κ1) is 12.6. The quantitative estimate of drug-likeness (QED) is 0.868. The summed E-state index contributed by atoms with van der Waals surface area (Å²) in [6.45, 7) is 1.96. The van der Waals surface area contributed by atoms with Crippen molar-refractivity contribution in [2.24, 2.45) is 5.73 Å². The zero-order valence-corrected chi connectivity index (χ0v) is 10.3. The van der Waals surface area contributed by atoms with Crippen molar-refractivity contribution in [1.82, 2.24) is 0 Å². The lowest BCUT2D eigenvalue weighted by atomic mass is 10.1. The van der Waals surface area contributed by atoms with E-state index in [1.165, 1.54) is 5.56 Å². The molecule has 0 saturated heterocycles. The number of nitrogens with two attached hydrogens (primary N) is 1. The minimum atomic E-state index is -0.369. The van der Waals surface area contributed by atoms with E-state index in [9.17, 15) is 0 Å². The zero-order chi connectivity index (χ0) is 13.0. The number of benzene rings is 2. The Morgan fingerprint density at radius 1 is 1.11 bits per heavy atom. The number of ether oxygens (including phenoxy) is 1. The van der Waals surface area contributed by atoms with E-state index in [0.29, 0.717) is 0 Å². The van der Waals surface area contributed by atoms with Crippen LogP contribution in [0.2, 0.25) is 0 Å². The predicted octanol–water partition coefficient (Wildman–Crippen LogP) is 2.78. The molecule has 1 atom stereocenters. The van der Waals surface area contributed by atoms with Gasteiger partial charge in [0.2, 0.25) is 0 Å². The Morgan fingerprint density at radius 2 is 1.83 bits per heavy atom. The van der Waals surface area contributed by atoms with E-state index in [2.05, 4.69) is 0 Å². The highest BCUT2D eigenvalue weighted by atomic mass is 16.5. The largest absolute Gasteiger partial charge is 0.457 e. The van der Waals surface area contributed by atoms with E-state index in [0.717, 1.165) is 17.1 Å². The van der Waals surface area contributed by atoms with Crippen molar-refractivity contribution in [3.63, 3.8) is 0 Å². The van der Waals surface area contributed by atoms with E-state index >= 15 is 0 Å². The second-order valence-corrected chi connectivity index (χ2v) is 4.28. The van der Waals surface area contributed by atoms with Crippen molar-refractivity contribution in [2.75, 3.05) is 6.61 Å². The van der Waals surface area contributed by atoms with Crippen LogP contribution in [0.3, 0.4) is 0 Å². The Labute approximate surface area is 107 Å². The first-order chi connectivity index (χ1) is 8.69. The van der Waals surface area contributed by atoms with Gasteiger partial charge in [0.05, 0.1) is 12.6 Å². The van der Waals surface area contributed by atoms with Crippen molar-refractivity contribution >= 4 is 0 Å². The van der Waals surface area contributed by atoms with E-state index in [-0.39, 0.29) is 12.6 Å². The van der Waals surface area contributed by atoms with E-state index in [1.807, 2.05) is 55.5 Å². The van der Waals surface area contributed by atoms with Crippen molar-refractivity contribution < 1.29 is 9.84 Å². The Hall–Kier alpha value is -1.84. The smallest absolute Gasteiger partial charge is 0.127 e. The van der Waals surface area contributed by atoms with Gasteiger partial charge in [0.1, 0.15) is 11.5 Å². The maximum Gasteiger partial charge on any atom is 0.127 e. The third kappa shape index (κ3) is 3.09. The van der Waals surface area contributed by atoms with Gasteiger partial charge in [0.15, 0.2) is 0 Å². The van der Waals surface area contributed by atoms with Crippen LogP contribution < -0.4 is 10.5 Å². The molecule has 0 bridgehead atoms. The third-order valence-corrected chi connectivity index (χ3v) is 2.74. The van der Waals surface area contributed by atoms with E-state index in [4.69, 9.17) is 15.6 Å². The van der Waals surface area contributed by atoms with Gasteiger partial charge < -0.3 is 15.6 Å². The summed E-state index contributed by atoms with van der Waals surface area (Å²) in [5.41, 5.74) is 7.83. The topological polar surface area (TPSA) is 55.5 Å². The lowest BCUT2D eigenvalue weighted by Gasteiger charge is -2.11. The van der Waals surface area contributed by atoms with Gasteiger partial charge in [-0.05, 0) is 36.8 Å². The standard InChI is InChI=1S/C15H17NO2/c1-11-5-7-13(8-6-11)18-14-4-2-3-12(9-14)15(16)10-17/h2-9,15,17H,10,16H2,1H3/t15-/m1/s1. The Bertz CT molecular complexity index is 508. The van der Waals surface area contributed by atoms with Crippen LogP contribution in [-0.2, 0) is 0 Å². The van der Waals surface area contributed by atoms with Gasteiger partial charge in [-0.15, -0.1) is 0 Å². The second kappa shape index (κ2) is 5.67. The molecule has 0 aliphatic rings. The molecule has 0 radical (unpaired) electrons. The number of aliphatic hydroxyl groups is 1. The molecule has 0 aromatic heterocycles. The zero-order valence-electron chi connectivity index (χ0n) is 10.3. The molecule has 0 spiro atoms. The van der Waals surface area contributed by atoms with Crippen LogP contribution in [0.5, 0.6) is 11.5 Å². The molecule has 2 aromatic rings. The highest BCUT2D eigenvalue weighted by molar-refractivity contribution is 5.35. The van der Waals surface area contributed by atoms with Gasteiger partial charge in [-0.2, -0.15) is 0 Å². The van der Waals surface area contributed by atoms with Gasteiger partial charge in [0.25, 0.3) is 0 Å². The van der Waals surface area contributed by atoms with Crippen LogP contribution in [0, 0.1) is 6.92 Å². The molecule has 94 valence electrons. The summed E-state index contributed by atoms with van der Waals surface area (Å²) < 4.78 is 5.73. The van der Waals surface area contributed by atoms with Crippen molar-refractivity contribution in [1.29, 1.82) is 0 Å². The average Bonchev–Trinajstić information content (AvgIpc) is 2.41. The fourth-order valence-electron chi connectivity index (χ4n) is 1.66. The van der Waals surface area contributed by atoms with Gasteiger partial charge >= 0.3 is 0 Å². The molecule has 0 unspecified atom stereocenters. The monoisotopic (exact) mass is 243 g/mol.